The topological polar surface area (TPSA) is 76.3 Å². The number of benzene rings is 1. The number of sulfonamides is 1. The second kappa shape index (κ2) is 5.93. The first kappa shape index (κ1) is 17.0. The molecule has 2 heterocycles. The molecule has 1 aromatic heterocycles. The van der Waals surface area contributed by atoms with Crippen LogP contribution in [0.5, 0.6) is 0 Å². The third-order valence-corrected chi connectivity index (χ3v) is 5.91. The van der Waals surface area contributed by atoms with Gasteiger partial charge in [0.2, 0.25) is 15.9 Å². The van der Waals surface area contributed by atoms with Crippen molar-refractivity contribution >= 4 is 10.0 Å². The van der Waals surface area contributed by atoms with Crippen LogP contribution in [0, 0.1) is 5.82 Å². The molecule has 1 saturated heterocycles. The fraction of sp³-hybridized carbons (Fsp3) is 0.500. The molecule has 3 rings (SSSR count). The molecule has 1 fully saturated rings. The van der Waals surface area contributed by atoms with Gasteiger partial charge in [-0.05, 0) is 24.6 Å². The van der Waals surface area contributed by atoms with Gasteiger partial charge < -0.3 is 4.52 Å². The van der Waals surface area contributed by atoms with E-state index in [2.05, 4.69) is 10.1 Å². The zero-order valence-corrected chi connectivity index (χ0v) is 14.7. The van der Waals surface area contributed by atoms with Gasteiger partial charge in [0.25, 0.3) is 0 Å². The van der Waals surface area contributed by atoms with E-state index in [1.807, 2.05) is 20.8 Å². The highest BCUT2D eigenvalue weighted by Gasteiger charge is 2.36. The van der Waals surface area contributed by atoms with E-state index in [1.54, 1.807) is 0 Å². The van der Waals surface area contributed by atoms with E-state index in [-0.39, 0.29) is 22.8 Å². The van der Waals surface area contributed by atoms with Gasteiger partial charge in [-0.2, -0.15) is 9.29 Å². The fourth-order valence-corrected chi connectivity index (χ4v) is 4.16. The van der Waals surface area contributed by atoms with E-state index in [0.717, 1.165) is 6.07 Å². The van der Waals surface area contributed by atoms with E-state index >= 15 is 0 Å². The van der Waals surface area contributed by atoms with Crippen molar-refractivity contribution in [1.29, 1.82) is 0 Å². The Kier molecular flexibility index (Phi) is 4.21. The summed E-state index contributed by atoms with van der Waals surface area (Å²) in [4.78, 5) is 4.37. The maximum atomic E-state index is 13.3. The van der Waals surface area contributed by atoms with Crippen molar-refractivity contribution in [3.8, 4) is 0 Å². The van der Waals surface area contributed by atoms with Gasteiger partial charge in [-0.3, -0.25) is 0 Å². The van der Waals surface area contributed by atoms with Crippen molar-refractivity contribution in [2.75, 3.05) is 13.1 Å². The average molecular weight is 353 g/mol. The van der Waals surface area contributed by atoms with Crippen LogP contribution in [-0.4, -0.2) is 36.0 Å². The van der Waals surface area contributed by atoms with Gasteiger partial charge >= 0.3 is 0 Å². The molecule has 0 bridgehead atoms. The minimum Gasteiger partial charge on any atom is -0.339 e. The monoisotopic (exact) mass is 353 g/mol. The SMILES string of the molecule is CC(C)(C)c1noc([C@H]2CCN(S(=O)(=O)c3cccc(F)c3)C2)n1. The maximum Gasteiger partial charge on any atom is 0.243 e. The molecule has 0 N–H and O–H groups in total. The van der Waals surface area contributed by atoms with E-state index in [0.29, 0.717) is 24.7 Å². The Morgan fingerprint density at radius 1 is 1.33 bits per heavy atom. The van der Waals surface area contributed by atoms with Crippen LogP contribution >= 0.6 is 0 Å². The highest BCUT2D eigenvalue weighted by atomic mass is 32.2. The molecule has 1 atom stereocenters. The van der Waals surface area contributed by atoms with Crippen LogP contribution < -0.4 is 0 Å². The minimum absolute atomic E-state index is 0.0379. The lowest BCUT2D eigenvalue weighted by molar-refractivity contribution is 0.343. The van der Waals surface area contributed by atoms with Crippen LogP contribution in [0.25, 0.3) is 0 Å². The minimum atomic E-state index is -3.72. The van der Waals surface area contributed by atoms with Gasteiger partial charge in [-0.25, -0.2) is 12.8 Å². The van der Waals surface area contributed by atoms with Crippen molar-refractivity contribution in [3.63, 3.8) is 0 Å². The van der Waals surface area contributed by atoms with Crippen molar-refractivity contribution in [3.05, 3.63) is 41.8 Å². The van der Waals surface area contributed by atoms with E-state index in [4.69, 9.17) is 4.52 Å². The first-order valence-corrected chi connectivity index (χ1v) is 9.22. The predicted octanol–water partition coefficient (Wildman–Crippen LogP) is 2.68. The molecule has 1 aromatic carbocycles. The van der Waals surface area contributed by atoms with Crippen molar-refractivity contribution < 1.29 is 17.3 Å². The third kappa shape index (κ3) is 3.21. The molecule has 8 heteroatoms. The second-order valence-corrected chi connectivity index (χ2v) is 8.95. The van der Waals surface area contributed by atoms with Crippen LogP contribution in [0.2, 0.25) is 0 Å². The fourth-order valence-electron chi connectivity index (χ4n) is 2.63. The summed E-state index contributed by atoms with van der Waals surface area (Å²) in [5, 5.41) is 3.99. The molecule has 2 aromatic rings. The number of nitrogens with zero attached hydrogens (tertiary/aromatic N) is 3. The molecule has 130 valence electrons. The van der Waals surface area contributed by atoms with Crippen LogP contribution in [0.4, 0.5) is 4.39 Å². The predicted molar refractivity (Wildman–Crippen MR) is 85.5 cm³/mol. The number of hydrogen-bond donors (Lipinski definition) is 0. The van der Waals surface area contributed by atoms with Gasteiger partial charge in [0.1, 0.15) is 5.82 Å². The molecule has 1 aliphatic rings. The zero-order valence-electron chi connectivity index (χ0n) is 13.9. The Morgan fingerprint density at radius 2 is 2.08 bits per heavy atom. The van der Waals surface area contributed by atoms with Gasteiger partial charge in [0, 0.05) is 18.5 Å². The lowest BCUT2D eigenvalue weighted by Gasteiger charge is -2.16. The lowest BCUT2D eigenvalue weighted by Crippen LogP contribution is -2.28. The van der Waals surface area contributed by atoms with Gasteiger partial charge in [-0.15, -0.1) is 0 Å². The molecule has 1 aliphatic heterocycles. The van der Waals surface area contributed by atoms with Gasteiger partial charge in [0.15, 0.2) is 5.82 Å². The van der Waals surface area contributed by atoms with Crippen LogP contribution in [0.3, 0.4) is 0 Å². The van der Waals surface area contributed by atoms with Gasteiger partial charge in [0.05, 0.1) is 10.8 Å². The van der Waals surface area contributed by atoms with Crippen LogP contribution in [-0.2, 0) is 15.4 Å². The second-order valence-electron chi connectivity index (χ2n) is 7.01. The molecular formula is C16H20FN3O3S. The van der Waals surface area contributed by atoms with Crippen molar-refractivity contribution in [1.82, 2.24) is 14.4 Å². The summed E-state index contributed by atoms with van der Waals surface area (Å²) in [6.07, 6.45) is 0.598. The standard InChI is InChI=1S/C16H20FN3O3S/c1-16(2,3)15-18-14(23-19-15)11-7-8-20(10-11)24(21,22)13-6-4-5-12(17)9-13/h4-6,9,11H,7-8,10H2,1-3H3/t11-/m0/s1. The van der Waals surface area contributed by atoms with Crippen molar-refractivity contribution in [2.24, 2.45) is 0 Å². The molecule has 0 unspecified atom stereocenters. The number of halogens is 1. The molecule has 0 aliphatic carbocycles. The molecule has 0 saturated carbocycles. The summed E-state index contributed by atoms with van der Waals surface area (Å²) < 4.78 is 45.2. The molecule has 0 radical (unpaired) electrons. The van der Waals surface area contributed by atoms with E-state index in [1.165, 1.54) is 22.5 Å². The third-order valence-electron chi connectivity index (χ3n) is 4.05. The highest BCUT2D eigenvalue weighted by Crippen LogP contribution is 2.31. The normalized spacial score (nSPS) is 19.8. The first-order valence-electron chi connectivity index (χ1n) is 7.78. The number of rotatable bonds is 3. The molecule has 24 heavy (non-hydrogen) atoms. The molecule has 0 spiro atoms. The molecular weight excluding hydrogens is 333 g/mol. The smallest absolute Gasteiger partial charge is 0.243 e. The largest absolute Gasteiger partial charge is 0.339 e. The summed E-state index contributed by atoms with van der Waals surface area (Å²) in [7, 11) is -3.72. The summed E-state index contributed by atoms with van der Waals surface area (Å²) in [5.74, 6) is 0.344. The summed E-state index contributed by atoms with van der Waals surface area (Å²) >= 11 is 0. The Balaban J connectivity index is 1.79. The molecule has 6 nitrogen and oxygen atoms in total. The average Bonchev–Trinajstić information content (AvgIpc) is 3.16. The Labute approximate surface area is 140 Å². The van der Waals surface area contributed by atoms with Crippen LogP contribution in [0.1, 0.15) is 44.8 Å². The van der Waals surface area contributed by atoms with Gasteiger partial charge in [-0.1, -0.05) is 32.0 Å². The maximum absolute atomic E-state index is 13.3. The summed E-state index contributed by atoms with van der Waals surface area (Å²) in [6.45, 7) is 6.55. The van der Waals surface area contributed by atoms with Crippen LogP contribution in [0.15, 0.2) is 33.7 Å². The first-order chi connectivity index (χ1) is 11.2. The van der Waals surface area contributed by atoms with Crippen molar-refractivity contribution in [2.45, 2.75) is 43.4 Å². The quantitative estimate of drug-likeness (QED) is 0.848. The number of aromatic nitrogens is 2. The molecule has 0 amide bonds. The summed E-state index contributed by atoms with van der Waals surface area (Å²) in [5.41, 5.74) is -0.228. The Bertz CT molecular complexity index is 842. The Hall–Kier alpha value is -1.80. The highest BCUT2D eigenvalue weighted by molar-refractivity contribution is 7.89. The Morgan fingerprint density at radius 3 is 2.71 bits per heavy atom. The zero-order chi connectivity index (χ0) is 17.5. The van der Waals surface area contributed by atoms with E-state index in [9.17, 15) is 12.8 Å². The summed E-state index contributed by atoms with van der Waals surface area (Å²) in [6, 6.07) is 5.05. The number of hydrogen-bond acceptors (Lipinski definition) is 5. The van der Waals surface area contributed by atoms with E-state index < -0.39 is 15.8 Å². The lowest BCUT2D eigenvalue weighted by atomic mass is 9.96.